The van der Waals surface area contributed by atoms with Crippen LogP contribution in [-0.2, 0) is 4.79 Å². The maximum absolute atomic E-state index is 11.1. The lowest BCUT2D eigenvalue weighted by Crippen LogP contribution is -2.32. The predicted molar refractivity (Wildman–Crippen MR) is 44.2 cm³/mol. The molecule has 1 amide bonds. The molecule has 1 N–H and O–H groups in total. The molecule has 0 aromatic carbocycles. The Bertz CT molecular complexity index is 134. The van der Waals surface area contributed by atoms with Crippen LogP contribution in [-0.4, -0.2) is 35.6 Å². The van der Waals surface area contributed by atoms with Crippen LogP contribution in [0.5, 0.6) is 0 Å². The van der Waals surface area contributed by atoms with Crippen LogP contribution in [0.3, 0.4) is 0 Å². The molecule has 3 nitrogen and oxygen atoms in total. The van der Waals surface area contributed by atoms with Crippen LogP contribution >= 0.6 is 0 Å². The van der Waals surface area contributed by atoms with E-state index < -0.39 is 0 Å². The van der Waals surface area contributed by atoms with Crippen LogP contribution in [0.2, 0.25) is 0 Å². The van der Waals surface area contributed by atoms with Gasteiger partial charge in [-0.1, -0.05) is 6.08 Å². The number of likely N-dealkylation sites (N-methyl/N-ethyl adjacent to an activating group) is 1. The van der Waals surface area contributed by atoms with Gasteiger partial charge in [0, 0.05) is 19.5 Å². The number of hydrogen-bond acceptors (Lipinski definition) is 2. The van der Waals surface area contributed by atoms with Crippen molar-refractivity contribution in [3.8, 4) is 0 Å². The minimum Gasteiger partial charge on any atom is -0.395 e. The van der Waals surface area contributed by atoms with E-state index in [0.29, 0.717) is 19.5 Å². The van der Waals surface area contributed by atoms with Gasteiger partial charge in [-0.2, -0.15) is 0 Å². The van der Waals surface area contributed by atoms with Crippen molar-refractivity contribution >= 4 is 5.91 Å². The summed E-state index contributed by atoms with van der Waals surface area (Å²) in [4.78, 5) is 12.7. The number of aliphatic hydroxyl groups is 1. The normalized spacial score (nSPS) is 9.27. The van der Waals surface area contributed by atoms with Gasteiger partial charge in [0.2, 0.25) is 5.91 Å². The number of nitrogens with zero attached hydrogens (tertiary/aromatic N) is 1. The standard InChI is InChI=1S/C8H15NO2/c1-3-5-8(11)9(4-2)6-7-10/h3,10H,1,4-7H2,2H3. The molecule has 0 radical (unpaired) electrons. The summed E-state index contributed by atoms with van der Waals surface area (Å²) in [6.07, 6.45) is 1.93. The monoisotopic (exact) mass is 157 g/mol. The van der Waals surface area contributed by atoms with E-state index in [1.165, 1.54) is 0 Å². The van der Waals surface area contributed by atoms with Crippen molar-refractivity contribution in [3.05, 3.63) is 12.7 Å². The molecular weight excluding hydrogens is 142 g/mol. The van der Waals surface area contributed by atoms with E-state index in [4.69, 9.17) is 5.11 Å². The Kier molecular flexibility index (Phi) is 5.47. The van der Waals surface area contributed by atoms with E-state index in [0.717, 1.165) is 0 Å². The molecule has 0 atom stereocenters. The maximum Gasteiger partial charge on any atom is 0.226 e. The van der Waals surface area contributed by atoms with Crippen LogP contribution in [0.1, 0.15) is 13.3 Å². The minimum absolute atomic E-state index is 0.0245. The van der Waals surface area contributed by atoms with E-state index in [1.807, 2.05) is 6.92 Å². The number of carbonyl (C=O) groups is 1. The maximum atomic E-state index is 11.1. The predicted octanol–water partition coefficient (Wildman–Crippen LogP) is 0.403. The van der Waals surface area contributed by atoms with Gasteiger partial charge in [0.05, 0.1) is 6.61 Å². The summed E-state index contributed by atoms with van der Waals surface area (Å²) in [5, 5.41) is 8.57. The zero-order chi connectivity index (χ0) is 8.69. The summed E-state index contributed by atoms with van der Waals surface area (Å²) < 4.78 is 0. The first-order chi connectivity index (χ1) is 5.26. The first-order valence-corrected chi connectivity index (χ1v) is 3.75. The molecule has 0 bridgehead atoms. The Morgan fingerprint density at radius 1 is 1.73 bits per heavy atom. The molecule has 0 aliphatic rings. The molecular formula is C8H15NO2. The molecule has 0 saturated heterocycles. The fraction of sp³-hybridized carbons (Fsp3) is 0.625. The number of carbonyl (C=O) groups excluding carboxylic acids is 1. The van der Waals surface area contributed by atoms with Crippen molar-refractivity contribution in [2.24, 2.45) is 0 Å². The molecule has 0 rings (SSSR count). The van der Waals surface area contributed by atoms with E-state index in [1.54, 1.807) is 11.0 Å². The lowest BCUT2D eigenvalue weighted by molar-refractivity contribution is -0.130. The van der Waals surface area contributed by atoms with Crippen molar-refractivity contribution < 1.29 is 9.90 Å². The molecule has 11 heavy (non-hydrogen) atoms. The van der Waals surface area contributed by atoms with Crippen molar-refractivity contribution in [1.29, 1.82) is 0 Å². The van der Waals surface area contributed by atoms with Gasteiger partial charge < -0.3 is 10.0 Å². The number of aliphatic hydroxyl groups excluding tert-OH is 1. The highest BCUT2D eigenvalue weighted by atomic mass is 16.3. The van der Waals surface area contributed by atoms with Crippen LogP contribution < -0.4 is 0 Å². The molecule has 0 aliphatic carbocycles. The van der Waals surface area contributed by atoms with Gasteiger partial charge in [0.25, 0.3) is 0 Å². The van der Waals surface area contributed by atoms with Gasteiger partial charge in [-0.05, 0) is 6.92 Å². The van der Waals surface area contributed by atoms with E-state index >= 15 is 0 Å². The van der Waals surface area contributed by atoms with Crippen LogP contribution in [0.15, 0.2) is 12.7 Å². The van der Waals surface area contributed by atoms with Crippen LogP contribution in [0, 0.1) is 0 Å². The number of hydrogen-bond donors (Lipinski definition) is 1. The van der Waals surface area contributed by atoms with Gasteiger partial charge in [0.15, 0.2) is 0 Å². The minimum atomic E-state index is 0.0245. The third-order valence-electron chi connectivity index (χ3n) is 1.42. The molecule has 3 heteroatoms. The second kappa shape index (κ2) is 5.92. The van der Waals surface area contributed by atoms with Gasteiger partial charge in [0.1, 0.15) is 0 Å². The zero-order valence-electron chi connectivity index (χ0n) is 6.92. The van der Waals surface area contributed by atoms with Crippen molar-refractivity contribution in [2.45, 2.75) is 13.3 Å². The third kappa shape index (κ3) is 3.78. The second-order valence-electron chi connectivity index (χ2n) is 2.19. The molecule has 0 spiro atoms. The van der Waals surface area contributed by atoms with Gasteiger partial charge in [-0.15, -0.1) is 6.58 Å². The summed E-state index contributed by atoms with van der Waals surface area (Å²) in [5.41, 5.74) is 0. The molecule has 0 aliphatic heterocycles. The van der Waals surface area contributed by atoms with Gasteiger partial charge in [-0.3, -0.25) is 4.79 Å². The summed E-state index contributed by atoms with van der Waals surface area (Å²) >= 11 is 0. The van der Waals surface area contributed by atoms with Gasteiger partial charge in [-0.25, -0.2) is 0 Å². The Morgan fingerprint density at radius 3 is 2.73 bits per heavy atom. The molecule has 0 aromatic heterocycles. The van der Waals surface area contributed by atoms with E-state index in [-0.39, 0.29) is 12.5 Å². The lowest BCUT2D eigenvalue weighted by atomic mass is 10.3. The number of amides is 1. The fourth-order valence-electron chi connectivity index (χ4n) is 0.832. The zero-order valence-corrected chi connectivity index (χ0v) is 6.92. The topological polar surface area (TPSA) is 40.5 Å². The van der Waals surface area contributed by atoms with E-state index in [2.05, 4.69) is 6.58 Å². The highest BCUT2D eigenvalue weighted by Crippen LogP contribution is 1.93. The summed E-state index contributed by atoms with van der Waals surface area (Å²) in [6, 6.07) is 0. The molecule has 0 heterocycles. The van der Waals surface area contributed by atoms with Crippen LogP contribution in [0.25, 0.3) is 0 Å². The largest absolute Gasteiger partial charge is 0.395 e. The van der Waals surface area contributed by atoms with Crippen molar-refractivity contribution in [2.75, 3.05) is 19.7 Å². The SMILES string of the molecule is C=CCC(=O)N(CC)CCO. The summed E-state index contributed by atoms with van der Waals surface area (Å²) in [7, 11) is 0. The Hall–Kier alpha value is -0.830. The molecule has 64 valence electrons. The van der Waals surface area contributed by atoms with E-state index in [9.17, 15) is 4.79 Å². The lowest BCUT2D eigenvalue weighted by Gasteiger charge is -2.18. The average molecular weight is 157 g/mol. The molecule has 0 unspecified atom stereocenters. The van der Waals surface area contributed by atoms with Crippen molar-refractivity contribution in [1.82, 2.24) is 4.90 Å². The smallest absolute Gasteiger partial charge is 0.226 e. The van der Waals surface area contributed by atoms with Crippen molar-refractivity contribution in [3.63, 3.8) is 0 Å². The van der Waals surface area contributed by atoms with Crippen LogP contribution in [0.4, 0.5) is 0 Å². The second-order valence-corrected chi connectivity index (χ2v) is 2.19. The molecule has 0 saturated carbocycles. The Balaban J connectivity index is 3.80. The third-order valence-corrected chi connectivity index (χ3v) is 1.42. The first kappa shape index (κ1) is 10.2. The summed E-state index contributed by atoms with van der Waals surface area (Å²) in [5.74, 6) is 0.0246. The fourth-order valence-corrected chi connectivity index (χ4v) is 0.832. The molecule has 0 fully saturated rings. The highest BCUT2D eigenvalue weighted by Gasteiger charge is 2.07. The Morgan fingerprint density at radius 2 is 2.36 bits per heavy atom. The van der Waals surface area contributed by atoms with Gasteiger partial charge >= 0.3 is 0 Å². The Labute approximate surface area is 67.3 Å². The quantitative estimate of drug-likeness (QED) is 0.587. The average Bonchev–Trinajstić information content (AvgIpc) is 2.00. The first-order valence-electron chi connectivity index (χ1n) is 3.75. The number of rotatable bonds is 5. The molecule has 0 aromatic rings. The summed E-state index contributed by atoms with van der Waals surface area (Å²) in [6.45, 7) is 6.44. The highest BCUT2D eigenvalue weighted by molar-refractivity contribution is 5.77.